The van der Waals surface area contributed by atoms with Crippen molar-refractivity contribution in [1.82, 2.24) is 4.98 Å². The van der Waals surface area contributed by atoms with E-state index in [1.165, 1.54) is 9.77 Å². The standard InChI is InChI=1S/C10H11N3S2/c11-13-10-12-6-9(15-10)7-14-8-4-2-1-3-5-8/h1-6H,7,11H2,(H,12,13). The first-order chi connectivity index (χ1) is 7.38. The van der Waals surface area contributed by atoms with Crippen molar-refractivity contribution in [2.24, 2.45) is 5.84 Å². The van der Waals surface area contributed by atoms with E-state index < -0.39 is 0 Å². The monoisotopic (exact) mass is 237 g/mol. The Labute approximate surface area is 96.7 Å². The van der Waals surface area contributed by atoms with Gasteiger partial charge in [0.15, 0.2) is 5.13 Å². The third-order valence-corrected chi connectivity index (χ3v) is 3.97. The number of nitrogens with zero attached hydrogens (tertiary/aromatic N) is 1. The van der Waals surface area contributed by atoms with Gasteiger partial charge in [0.05, 0.1) is 0 Å². The zero-order valence-electron chi connectivity index (χ0n) is 8.01. The van der Waals surface area contributed by atoms with E-state index in [-0.39, 0.29) is 0 Å². The van der Waals surface area contributed by atoms with Crippen molar-refractivity contribution in [2.75, 3.05) is 5.43 Å². The maximum absolute atomic E-state index is 5.26. The Morgan fingerprint density at radius 1 is 1.33 bits per heavy atom. The molecule has 0 bridgehead atoms. The van der Waals surface area contributed by atoms with Gasteiger partial charge in [-0.2, -0.15) is 0 Å². The molecule has 0 radical (unpaired) electrons. The number of nitrogens with one attached hydrogen (secondary N) is 1. The molecule has 1 heterocycles. The molecule has 0 fully saturated rings. The summed E-state index contributed by atoms with van der Waals surface area (Å²) in [7, 11) is 0. The third kappa shape index (κ3) is 2.95. The van der Waals surface area contributed by atoms with Crippen molar-refractivity contribution in [3.8, 4) is 0 Å². The summed E-state index contributed by atoms with van der Waals surface area (Å²) in [5, 5.41) is 0.763. The van der Waals surface area contributed by atoms with Gasteiger partial charge in [-0.3, -0.25) is 5.43 Å². The van der Waals surface area contributed by atoms with Crippen molar-refractivity contribution in [3.05, 3.63) is 41.4 Å². The van der Waals surface area contributed by atoms with Gasteiger partial charge in [-0.1, -0.05) is 18.2 Å². The summed E-state index contributed by atoms with van der Waals surface area (Å²) in [6.45, 7) is 0. The molecule has 0 saturated heterocycles. The molecule has 1 aromatic heterocycles. The fourth-order valence-corrected chi connectivity index (χ4v) is 2.78. The SMILES string of the molecule is NNc1ncc(CSc2ccccc2)s1. The average Bonchev–Trinajstić information content (AvgIpc) is 2.76. The van der Waals surface area contributed by atoms with Gasteiger partial charge in [0, 0.05) is 21.7 Å². The summed E-state index contributed by atoms with van der Waals surface area (Å²) in [6.07, 6.45) is 1.86. The first-order valence-electron chi connectivity index (χ1n) is 4.47. The molecule has 78 valence electrons. The minimum absolute atomic E-state index is 0.763. The van der Waals surface area contributed by atoms with Gasteiger partial charge in [-0.15, -0.1) is 23.1 Å². The highest BCUT2D eigenvalue weighted by Crippen LogP contribution is 2.26. The number of rotatable bonds is 4. The van der Waals surface area contributed by atoms with Crippen LogP contribution in [-0.4, -0.2) is 4.98 Å². The number of benzene rings is 1. The minimum atomic E-state index is 0.763. The van der Waals surface area contributed by atoms with Crippen LogP contribution in [0, 0.1) is 0 Å². The summed E-state index contributed by atoms with van der Waals surface area (Å²) in [5.74, 6) is 6.20. The van der Waals surface area contributed by atoms with E-state index in [2.05, 4.69) is 22.5 Å². The first-order valence-corrected chi connectivity index (χ1v) is 6.28. The molecule has 0 aliphatic heterocycles. The number of hydrogen-bond acceptors (Lipinski definition) is 5. The van der Waals surface area contributed by atoms with Crippen LogP contribution in [0.25, 0.3) is 0 Å². The fraction of sp³-hybridized carbons (Fsp3) is 0.100. The number of aromatic nitrogens is 1. The maximum atomic E-state index is 5.26. The Morgan fingerprint density at radius 2 is 2.13 bits per heavy atom. The summed E-state index contributed by atoms with van der Waals surface area (Å²) < 4.78 is 0. The molecule has 0 aliphatic carbocycles. The predicted octanol–water partition coefficient (Wildman–Crippen LogP) is 2.72. The minimum Gasteiger partial charge on any atom is -0.300 e. The zero-order valence-corrected chi connectivity index (χ0v) is 9.65. The Hall–Kier alpha value is -1.04. The normalized spacial score (nSPS) is 10.2. The van der Waals surface area contributed by atoms with Crippen molar-refractivity contribution in [2.45, 2.75) is 10.6 Å². The maximum Gasteiger partial charge on any atom is 0.197 e. The molecular formula is C10H11N3S2. The zero-order chi connectivity index (χ0) is 10.5. The van der Waals surface area contributed by atoms with Crippen molar-refractivity contribution >= 4 is 28.2 Å². The molecule has 0 spiro atoms. The molecule has 0 aliphatic rings. The van der Waals surface area contributed by atoms with Gasteiger partial charge in [0.25, 0.3) is 0 Å². The summed E-state index contributed by atoms with van der Waals surface area (Å²) in [4.78, 5) is 6.61. The first kappa shape index (κ1) is 10.5. The van der Waals surface area contributed by atoms with Crippen LogP contribution in [0.2, 0.25) is 0 Å². The quantitative estimate of drug-likeness (QED) is 0.488. The molecule has 2 rings (SSSR count). The molecule has 3 N–H and O–H groups in total. The van der Waals surface area contributed by atoms with E-state index in [9.17, 15) is 0 Å². The topological polar surface area (TPSA) is 50.9 Å². The van der Waals surface area contributed by atoms with Crippen LogP contribution in [0.4, 0.5) is 5.13 Å². The van der Waals surface area contributed by atoms with Crippen LogP contribution in [0.3, 0.4) is 0 Å². The van der Waals surface area contributed by atoms with Crippen LogP contribution >= 0.6 is 23.1 Å². The highest BCUT2D eigenvalue weighted by molar-refractivity contribution is 7.98. The van der Waals surface area contributed by atoms with Gasteiger partial charge in [0.1, 0.15) is 0 Å². The van der Waals surface area contributed by atoms with Gasteiger partial charge < -0.3 is 0 Å². The lowest BCUT2D eigenvalue weighted by Crippen LogP contribution is -2.05. The Morgan fingerprint density at radius 3 is 2.80 bits per heavy atom. The molecule has 2 aromatic rings. The second-order valence-corrected chi connectivity index (χ2v) is 5.04. The smallest absolute Gasteiger partial charge is 0.197 e. The van der Waals surface area contributed by atoms with E-state index in [0.29, 0.717) is 0 Å². The molecule has 3 nitrogen and oxygen atoms in total. The molecule has 0 amide bonds. The van der Waals surface area contributed by atoms with Crippen LogP contribution in [0.1, 0.15) is 4.88 Å². The molecule has 0 atom stereocenters. The summed E-state index contributed by atoms with van der Waals surface area (Å²) >= 11 is 3.38. The van der Waals surface area contributed by atoms with E-state index in [1.807, 2.05) is 24.4 Å². The number of nitrogen functional groups attached to an aromatic ring is 1. The molecular weight excluding hydrogens is 226 g/mol. The second-order valence-electron chi connectivity index (χ2n) is 2.88. The largest absolute Gasteiger partial charge is 0.300 e. The molecule has 15 heavy (non-hydrogen) atoms. The second kappa shape index (κ2) is 5.16. The molecule has 1 aromatic carbocycles. The third-order valence-electron chi connectivity index (χ3n) is 1.80. The number of hydrazine groups is 1. The van der Waals surface area contributed by atoms with Crippen LogP contribution < -0.4 is 11.3 Å². The molecule has 0 saturated carbocycles. The fourth-order valence-electron chi connectivity index (χ4n) is 1.11. The number of hydrogen-bond donors (Lipinski definition) is 2. The highest BCUT2D eigenvalue weighted by Gasteiger charge is 2.00. The van der Waals surface area contributed by atoms with Crippen LogP contribution in [0.5, 0.6) is 0 Å². The van der Waals surface area contributed by atoms with E-state index in [0.717, 1.165) is 10.9 Å². The summed E-state index contributed by atoms with van der Waals surface area (Å²) in [6, 6.07) is 10.3. The van der Waals surface area contributed by atoms with E-state index >= 15 is 0 Å². The van der Waals surface area contributed by atoms with Gasteiger partial charge in [-0.05, 0) is 12.1 Å². The number of thiazole rings is 1. The lowest BCUT2D eigenvalue weighted by molar-refractivity contribution is 1.28. The number of anilines is 1. The highest BCUT2D eigenvalue weighted by atomic mass is 32.2. The molecule has 5 heteroatoms. The van der Waals surface area contributed by atoms with Gasteiger partial charge >= 0.3 is 0 Å². The van der Waals surface area contributed by atoms with Crippen molar-refractivity contribution < 1.29 is 0 Å². The van der Waals surface area contributed by atoms with Gasteiger partial charge in [-0.25, -0.2) is 10.8 Å². The van der Waals surface area contributed by atoms with Crippen molar-refractivity contribution in [3.63, 3.8) is 0 Å². The number of nitrogens with two attached hydrogens (primary N) is 1. The number of thioether (sulfide) groups is 1. The van der Waals surface area contributed by atoms with Crippen LogP contribution in [-0.2, 0) is 5.75 Å². The Bertz CT molecular complexity index is 414. The summed E-state index contributed by atoms with van der Waals surface area (Å²) in [5.41, 5.74) is 2.54. The average molecular weight is 237 g/mol. The lowest BCUT2D eigenvalue weighted by Gasteiger charge is -1.97. The molecule has 0 unspecified atom stereocenters. The lowest BCUT2D eigenvalue weighted by atomic mass is 10.4. The Kier molecular flexibility index (Phi) is 3.60. The van der Waals surface area contributed by atoms with E-state index in [4.69, 9.17) is 5.84 Å². The Balaban J connectivity index is 1.93. The van der Waals surface area contributed by atoms with Crippen LogP contribution in [0.15, 0.2) is 41.4 Å². The van der Waals surface area contributed by atoms with E-state index in [1.54, 1.807) is 23.1 Å². The van der Waals surface area contributed by atoms with Crippen molar-refractivity contribution in [1.29, 1.82) is 0 Å². The van der Waals surface area contributed by atoms with Gasteiger partial charge in [0.2, 0.25) is 0 Å². The predicted molar refractivity (Wildman–Crippen MR) is 65.9 cm³/mol.